The minimum atomic E-state index is -0.332. The highest BCUT2D eigenvalue weighted by molar-refractivity contribution is 5.68. The number of ether oxygens (including phenoxy) is 1. The van der Waals surface area contributed by atoms with E-state index < -0.39 is 0 Å². The van der Waals surface area contributed by atoms with Gasteiger partial charge < -0.3 is 10.1 Å². The summed E-state index contributed by atoms with van der Waals surface area (Å²) in [7, 11) is 1.47. The normalized spacial score (nSPS) is 10.6. The SMILES string of the molecule is CCCNCc1ccccc1-c1ccc(OC)c(F)c1. The van der Waals surface area contributed by atoms with E-state index in [1.54, 1.807) is 6.07 Å². The van der Waals surface area contributed by atoms with Crippen LogP contribution in [-0.4, -0.2) is 13.7 Å². The summed E-state index contributed by atoms with van der Waals surface area (Å²) in [5.74, 6) is -0.0586. The predicted molar refractivity (Wildman–Crippen MR) is 80.4 cm³/mol. The summed E-state index contributed by atoms with van der Waals surface area (Å²) in [5.41, 5.74) is 3.10. The van der Waals surface area contributed by atoms with Gasteiger partial charge in [-0.2, -0.15) is 0 Å². The molecular formula is C17H20FNO. The quantitative estimate of drug-likeness (QED) is 0.803. The van der Waals surface area contributed by atoms with Gasteiger partial charge in [0, 0.05) is 6.54 Å². The highest BCUT2D eigenvalue weighted by Gasteiger charge is 2.08. The van der Waals surface area contributed by atoms with Crippen molar-refractivity contribution in [1.29, 1.82) is 0 Å². The molecule has 1 N–H and O–H groups in total. The number of methoxy groups -OCH3 is 1. The molecule has 0 amide bonds. The molecule has 3 heteroatoms. The van der Waals surface area contributed by atoms with Crippen molar-refractivity contribution in [3.8, 4) is 16.9 Å². The Hall–Kier alpha value is -1.87. The van der Waals surface area contributed by atoms with Gasteiger partial charge in [-0.1, -0.05) is 37.3 Å². The standard InChI is InChI=1S/C17H20FNO/c1-3-10-19-12-14-6-4-5-7-15(14)13-8-9-17(20-2)16(18)11-13/h4-9,11,19H,3,10,12H2,1-2H3. The minimum Gasteiger partial charge on any atom is -0.494 e. The van der Waals surface area contributed by atoms with Crippen molar-refractivity contribution in [3.63, 3.8) is 0 Å². The van der Waals surface area contributed by atoms with Gasteiger partial charge in [0.05, 0.1) is 7.11 Å². The Morgan fingerprint density at radius 2 is 1.95 bits per heavy atom. The lowest BCUT2D eigenvalue weighted by molar-refractivity contribution is 0.386. The summed E-state index contributed by atoms with van der Waals surface area (Å²) in [5, 5.41) is 3.38. The van der Waals surface area contributed by atoms with E-state index in [9.17, 15) is 4.39 Å². The molecule has 0 unspecified atom stereocenters. The number of hydrogen-bond donors (Lipinski definition) is 1. The maximum Gasteiger partial charge on any atom is 0.165 e. The fourth-order valence-electron chi connectivity index (χ4n) is 2.19. The van der Waals surface area contributed by atoms with Crippen molar-refractivity contribution in [2.24, 2.45) is 0 Å². The Kier molecular flexibility index (Phi) is 5.13. The van der Waals surface area contributed by atoms with Crippen LogP contribution in [0.1, 0.15) is 18.9 Å². The first-order chi connectivity index (χ1) is 9.76. The van der Waals surface area contributed by atoms with E-state index in [2.05, 4.69) is 18.3 Å². The molecule has 20 heavy (non-hydrogen) atoms. The first-order valence-electron chi connectivity index (χ1n) is 6.88. The number of hydrogen-bond acceptors (Lipinski definition) is 2. The summed E-state index contributed by atoms with van der Waals surface area (Å²) in [4.78, 5) is 0. The molecule has 0 atom stereocenters. The van der Waals surface area contributed by atoms with Crippen LogP contribution in [0.15, 0.2) is 42.5 Å². The molecule has 2 rings (SSSR count). The van der Waals surface area contributed by atoms with Crippen molar-refractivity contribution in [2.75, 3.05) is 13.7 Å². The molecule has 0 bridgehead atoms. The summed E-state index contributed by atoms with van der Waals surface area (Å²) in [6, 6.07) is 13.1. The lowest BCUT2D eigenvalue weighted by atomic mass is 9.99. The molecule has 0 radical (unpaired) electrons. The molecule has 0 fully saturated rings. The molecule has 0 aromatic heterocycles. The second kappa shape index (κ2) is 7.06. The van der Waals surface area contributed by atoms with Crippen LogP contribution in [0.4, 0.5) is 4.39 Å². The molecule has 0 saturated carbocycles. The lowest BCUT2D eigenvalue weighted by Gasteiger charge is -2.11. The summed E-state index contributed by atoms with van der Waals surface area (Å²) < 4.78 is 18.8. The van der Waals surface area contributed by atoms with Crippen LogP contribution in [0.3, 0.4) is 0 Å². The Balaban J connectivity index is 2.29. The second-order valence-corrected chi connectivity index (χ2v) is 4.68. The van der Waals surface area contributed by atoms with E-state index in [-0.39, 0.29) is 11.6 Å². The van der Waals surface area contributed by atoms with Crippen LogP contribution in [0.5, 0.6) is 5.75 Å². The molecule has 0 spiro atoms. The maximum absolute atomic E-state index is 13.8. The number of halogens is 1. The number of benzene rings is 2. The zero-order valence-corrected chi connectivity index (χ0v) is 11.9. The van der Waals surface area contributed by atoms with Crippen molar-refractivity contribution in [1.82, 2.24) is 5.32 Å². The van der Waals surface area contributed by atoms with Crippen molar-refractivity contribution in [2.45, 2.75) is 19.9 Å². The highest BCUT2D eigenvalue weighted by atomic mass is 19.1. The van der Waals surface area contributed by atoms with Gasteiger partial charge in [0.25, 0.3) is 0 Å². The third-order valence-corrected chi connectivity index (χ3v) is 3.22. The fourth-order valence-corrected chi connectivity index (χ4v) is 2.19. The van der Waals surface area contributed by atoms with E-state index >= 15 is 0 Å². The zero-order valence-electron chi connectivity index (χ0n) is 11.9. The molecule has 2 aromatic carbocycles. The van der Waals surface area contributed by atoms with Gasteiger partial charge in [0.15, 0.2) is 11.6 Å². The maximum atomic E-state index is 13.8. The van der Waals surface area contributed by atoms with Crippen LogP contribution < -0.4 is 10.1 Å². The van der Waals surface area contributed by atoms with E-state index in [0.717, 1.165) is 30.6 Å². The van der Waals surface area contributed by atoms with Crippen molar-refractivity contribution in [3.05, 3.63) is 53.8 Å². The van der Waals surface area contributed by atoms with Gasteiger partial charge in [-0.05, 0) is 41.8 Å². The first kappa shape index (κ1) is 14.5. The van der Waals surface area contributed by atoms with Crippen molar-refractivity contribution < 1.29 is 9.13 Å². The fraction of sp³-hybridized carbons (Fsp3) is 0.294. The predicted octanol–water partition coefficient (Wildman–Crippen LogP) is 4.00. The van der Waals surface area contributed by atoms with Gasteiger partial charge in [-0.25, -0.2) is 4.39 Å². The smallest absolute Gasteiger partial charge is 0.165 e. The van der Waals surface area contributed by atoms with Crippen LogP contribution in [0, 0.1) is 5.82 Å². The largest absolute Gasteiger partial charge is 0.494 e. The Labute approximate surface area is 119 Å². The topological polar surface area (TPSA) is 21.3 Å². The van der Waals surface area contributed by atoms with E-state index in [0.29, 0.717) is 0 Å². The van der Waals surface area contributed by atoms with Crippen LogP contribution in [0.25, 0.3) is 11.1 Å². The lowest BCUT2D eigenvalue weighted by Crippen LogP contribution is -2.14. The van der Waals surface area contributed by atoms with Crippen LogP contribution >= 0.6 is 0 Å². The zero-order chi connectivity index (χ0) is 14.4. The summed E-state index contributed by atoms with van der Waals surface area (Å²) >= 11 is 0. The van der Waals surface area contributed by atoms with E-state index in [4.69, 9.17) is 4.74 Å². The van der Waals surface area contributed by atoms with Crippen molar-refractivity contribution >= 4 is 0 Å². The number of rotatable bonds is 6. The molecule has 0 heterocycles. The molecule has 0 aliphatic heterocycles. The Morgan fingerprint density at radius 1 is 1.15 bits per heavy atom. The Morgan fingerprint density at radius 3 is 2.65 bits per heavy atom. The van der Waals surface area contributed by atoms with Gasteiger partial charge in [-0.3, -0.25) is 0 Å². The van der Waals surface area contributed by atoms with Gasteiger partial charge in [0.1, 0.15) is 0 Å². The highest BCUT2D eigenvalue weighted by Crippen LogP contribution is 2.28. The molecular weight excluding hydrogens is 253 g/mol. The van der Waals surface area contributed by atoms with Crippen LogP contribution in [-0.2, 0) is 6.54 Å². The van der Waals surface area contributed by atoms with Gasteiger partial charge in [-0.15, -0.1) is 0 Å². The average molecular weight is 273 g/mol. The summed E-state index contributed by atoms with van der Waals surface area (Å²) in [6.07, 6.45) is 1.10. The average Bonchev–Trinajstić information content (AvgIpc) is 2.48. The van der Waals surface area contributed by atoms with Crippen LogP contribution in [0.2, 0.25) is 0 Å². The Bertz CT molecular complexity index is 569. The minimum absolute atomic E-state index is 0.273. The molecule has 106 valence electrons. The third kappa shape index (κ3) is 3.36. The van der Waals surface area contributed by atoms with Gasteiger partial charge in [0.2, 0.25) is 0 Å². The first-order valence-corrected chi connectivity index (χ1v) is 6.88. The van der Waals surface area contributed by atoms with Gasteiger partial charge >= 0.3 is 0 Å². The molecule has 0 aliphatic carbocycles. The molecule has 2 aromatic rings. The molecule has 0 aliphatic rings. The monoisotopic (exact) mass is 273 g/mol. The second-order valence-electron chi connectivity index (χ2n) is 4.68. The summed E-state index contributed by atoms with van der Waals surface area (Å²) in [6.45, 7) is 3.90. The third-order valence-electron chi connectivity index (χ3n) is 3.22. The molecule has 2 nitrogen and oxygen atoms in total. The van der Waals surface area contributed by atoms with E-state index in [1.165, 1.54) is 18.7 Å². The number of nitrogens with one attached hydrogen (secondary N) is 1. The molecule has 0 saturated heterocycles. The van der Waals surface area contributed by atoms with E-state index in [1.807, 2.05) is 24.3 Å².